The molecule has 3 aromatic heterocycles. The van der Waals surface area contributed by atoms with Crippen LogP contribution in [0.25, 0.3) is 33.6 Å². The maximum atomic E-state index is 12.0. The summed E-state index contributed by atoms with van der Waals surface area (Å²) >= 11 is 0. The van der Waals surface area contributed by atoms with Gasteiger partial charge in [0.2, 0.25) is 0 Å². The highest BCUT2D eigenvalue weighted by Gasteiger charge is 2.19. The largest absolute Gasteiger partial charge is 0.465 e. The number of ether oxygens (including phenoxy) is 1. The van der Waals surface area contributed by atoms with Gasteiger partial charge < -0.3 is 20.0 Å². The Bertz CT molecular complexity index is 1280. The van der Waals surface area contributed by atoms with Crippen LogP contribution in [0.1, 0.15) is 34.6 Å². The van der Waals surface area contributed by atoms with E-state index in [0.29, 0.717) is 11.3 Å². The molecular weight excluding hydrogens is 356 g/mol. The fourth-order valence-electron chi connectivity index (χ4n) is 3.25. The van der Waals surface area contributed by atoms with E-state index in [2.05, 4.69) is 15.0 Å². The van der Waals surface area contributed by atoms with Gasteiger partial charge in [0, 0.05) is 18.5 Å². The number of nitrogens with zero attached hydrogens (tertiary/aromatic N) is 4. The minimum atomic E-state index is -0.566. The van der Waals surface area contributed by atoms with E-state index in [1.807, 2.05) is 42.8 Å². The number of hydrogen-bond donors (Lipinski definition) is 2. The highest BCUT2D eigenvalue weighted by atomic mass is 16.5. The SMILES string of the molecule is COC(=O)c1cc2nc(-c3cc4ccc([C@@H](C)N)nc4[nH]3)n(C)c2cc1C#N. The van der Waals surface area contributed by atoms with Crippen LogP contribution in [0.3, 0.4) is 0 Å². The first-order valence-electron chi connectivity index (χ1n) is 8.67. The summed E-state index contributed by atoms with van der Waals surface area (Å²) in [6.45, 7) is 1.88. The third kappa shape index (κ3) is 2.69. The van der Waals surface area contributed by atoms with Gasteiger partial charge in [-0.2, -0.15) is 5.26 Å². The number of methoxy groups -OCH3 is 1. The molecule has 3 N–H and O–H groups in total. The van der Waals surface area contributed by atoms with Crippen LogP contribution in [0.4, 0.5) is 0 Å². The standard InChI is InChI=1S/C20H18N6O2/c1-10(22)14-5-4-11-6-16(24-18(11)23-14)19-25-15-8-13(20(27)28-3)12(9-21)7-17(15)26(19)2/h4-8,10H,22H2,1-3H3,(H,23,24)/t10-/m1/s1. The Hall–Kier alpha value is -3.70. The Morgan fingerprint density at radius 2 is 2.11 bits per heavy atom. The van der Waals surface area contributed by atoms with Crippen molar-refractivity contribution in [3.05, 3.63) is 47.2 Å². The molecule has 8 heteroatoms. The van der Waals surface area contributed by atoms with Gasteiger partial charge in [0.05, 0.1) is 40.7 Å². The maximum Gasteiger partial charge on any atom is 0.339 e. The predicted octanol–water partition coefficient (Wildman–Crippen LogP) is 2.79. The molecule has 1 atom stereocenters. The molecule has 0 unspecified atom stereocenters. The monoisotopic (exact) mass is 374 g/mol. The fraction of sp³-hybridized carbons (Fsp3) is 0.200. The lowest BCUT2D eigenvalue weighted by molar-refractivity contribution is 0.0600. The number of nitrogens with one attached hydrogen (secondary N) is 1. The normalized spacial score (nSPS) is 12.2. The Balaban J connectivity index is 1.89. The molecule has 0 saturated heterocycles. The van der Waals surface area contributed by atoms with Crippen molar-refractivity contribution in [3.8, 4) is 17.6 Å². The van der Waals surface area contributed by atoms with Crippen molar-refractivity contribution in [2.75, 3.05) is 7.11 Å². The van der Waals surface area contributed by atoms with E-state index < -0.39 is 5.97 Å². The number of carbonyl (C=O) groups excluding carboxylic acids is 1. The summed E-state index contributed by atoms with van der Waals surface area (Å²) in [7, 11) is 3.14. The number of aryl methyl sites for hydroxylation is 1. The van der Waals surface area contributed by atoms with Gasteiger partial charge >= 0.3 is 5.97 Å². The third-order valence-corrected chi connectivity index (χ3v) is 4.75. The van der Waals surface area contributed by atoms with Crippen LogP contribution in [-0.2, 0) is 11.8 Å². The number of H-pyrrole nitrogens is 1. The minimum absolute atomic E-state index is 0.159. The number of rotatable bonds is 3. The number of aromatic amines is 1. The Morgan fingerprint density at radius 3 is 2.79 bits per heavy atom. The number of esters is 1. The molecule has 28 heavy (non-hydrogen) atoms. The van der Waals surface area contributed by atoms with Crippen LogP contribution in [-0.4, -0.2) is 32.6 Å². The second-order valence-electron chi connectivity index (χ2n) is 6.63. The molecular formula is C20H18N6O2. The summed E-state index contributed by atoms with van der Waals surface area (Å²) in [6, 6.07) is 10.9. The van der Waals surface area contributed by atoms with E-state index >= 15 is 0 Å². The number of nitriles is 1. The number of imidazole rings is 1. The van der Waals surface area contributed by atoms with Gasteiger partial charge in [0.1, 0.15) is 11.7 Å². The summed E-state index contributed by atoms with van der Waals surface area (Å²) in [5.41, 5.74) is 10.00. The van der Waals surface area contributed by atoms with Crippen molar-refractivity contribution < 1.29 is 9.53 Å². The molecule has 140 valence electrons. The van der Waals surface area contributed by atoms with Crippen molar-refractivity contribution in [1.82, 2.24) is 19.5 Å². The summed E-state index contributed by atoms with van der Waals surface area (Å²) < 4.78 is 6.64. The Kier molecular flexibility index (Phi) is 4.09. The molecule has 0 aliphatic carbocycles. The molecule has 0 aliphatic rings. The maximum absolute atomic E-state index is 12.0. The molecule has 8 nitrogen and oxygen atoms in total. The summed E-state index contributed by atoms with van der Waals surface area (Å²) in [5, 5.41) is 10.3. The van der Waals surface area contributed by atoms with Crippen LogP contribution in [0.15, 0.2) is 30.3 Å². The van der Waals surface area contributed by atoms with E-state index in [4.69, 9.17) is 10.5 Å². The highest BCUT2D eigenvalue weighted by molar-refractivity contribution is 5.97. The zero-order chi connectivity index (χ0) is 20.0. The van der Waals surface area contributed by atoms with Gasteiger partial charge in [-0.25, -0.2) is 14.8 Å². The van der Waals surface area contributed by atoms with E-state index in [1.54, 1.807) is 12.1 Å². The van der Waals surface area contributed by atoms with Gasteiger partial charge in [0.25, 0.3) is 0 Å². The van der Waals surface area contributed by atoms with Crippen LogP contribution >= 0.6 is 0 Å². The summed E-state index contributed by atoms with van der Waals surface area (Å²) in [4.78, 5) is 24.5. The first kappa shape index (κ1) is 17.7. The summed E-state index contributed by atoms with van der Waals surface area (Å²) in [6.07, 6.45) is 0. The van der Waals surface area contributed by atoms with E-state index in [0.717, 1.165) is 27.9 Å². The van der Waals surface area contributed by atoms with E-state index in [9.17, 15) is 10.1 Å². The van der Waals surface area contributed by atoms with Crippen molar-refractivity contribution >= 4 is 28.0 Å². The van der Waals surface area contributed by atoms with Gasteiger partial charge in [-0.1, -0.05) is 0 Å². The molecule has 4 rings (SSSR count). The van der Waals surface area contributed by atoms with Crippen LogP contribution in [0, 0.1) is 11.3 Å². The van der Waals surface area contributed by atoms with Crippen LogP contribution in [0.5, 0.6) is 0 Å². The quantitative estimate of drug-likeness (QED) is 0.532. The Morgan fingerprint density at radius 1 is 1.32 bits per heavy atom. The zero-order valence-corrected chi connectivity index (χ0v) is 15.6. The lowest BCUT2D eigenvalue weighted by Gasteiger charge is -2.03. The number of fused-ring (bicyclic) bond motifs is 2. The number of nitrogens with two attached hydrogens (primary N) is 1. The van der Waals surface area contributed by atoms with Gasteiger partial charge in [0.15, 0.2) is 5.82 Å². The molecule has 0 saturated carbocycles. The number of benzene rings is 1. The third-order valence-electron chi connectivity index (χ3n) is 4.75. The predicted molar refractivity (Wildman–Crippen MR) is 104 cm³/mol. The summed E-state index contributed by atoms with van der Waals surface area (Å²) in [5.74, 6) is 0.102. The Labute approximate surface area is 160 Å². The van der Waals surface area contributed by atoms with Gasteiger partial charge in [-0.3, -0.25) is 0 Å². The topological polar surface area (TPSA) is 123 Å². The highest BCUT2D eigenvalue weighted by Crippen LogP contribution is 2.28. The van der Waals surface area contributed by atoms with Crippen LogP contribution < -0.4 is 5.73 Å². The number of hydrogen-bond acceptors (Lipinski definition) is 6. The lowest BCUT2D eigenvalue weighted by Crippen LogP contribution is -2.06. The molecule has 0 spiro atoms. The minimum Gasteiger partial charge on any atom is -0.465 e. The molecule has 1 aromatic carbocycles. The molecule has 3 heterocycles. The van der Waals surface area contributed by atoms with Crippen molar-refractivity contribution in [2.24, 2.45) is 12.8 Å². The lowest BCUT2D eigenvalue weighted by atomic mass is 10.1. The number of aromatic nitrogens is 4. The second-order valence-corrected chi connectivity index (χ2v) is 6.63. The molecule has 0 bridgehead atoms. The number of pyridine rings is 1. The molecule has 0 radical (unpaired) electrons. The van der Waals surface area contributed by atoms with E-state index in [1.165, 1.54) is 7.11 Å². The first-order chi connectivity index (χ1) is 13.4. The van der Waals surface area contributed by atoms with Crippen molar-refractivity contribution in [1.29, 1.82) is 5.26 Å². The van der Waals surface area contributed by atoms with Crippen molar-refractivity contribution in [2.45, 2.75) is 13.0 Å². The van der Waals surface area contributed by atoms with Gasteiger partial charge in [-0.05, 0) is 37.3 Å². The molecule has 4 aromatic rings. The zero-order valence-electron chi connectivity index (χ0n) is 15.6. The average molecular weight is 374 g/mol. The van der Waals surface area contributed by atoms with Gasteiger partial charge in [-0.15, -0.1) is 0 Å². The van der Waals surface area contributed by atoms with Crippen molar-refractivity contribution in [3.63, 3.8) is 0 Å². The molecule has 0 fully saturated rings. The smallest absolute Gasteiger partial charge is 0.339 e. The van der Waals surface area contributed by atoms with E-state index in [-0.39, 0.29) is 17.2 Å². The fourth-order valence-corrected chi connectivity index (χ4v) is 3.25. The first-order valence-corrected chi connectivity index (χ1v) is 8.67. The second kappa shape index (κ2) is 6.48. The molecule has 0 aliphatic heterocycles. The van der Waals surface area contributed by atoms with Crippen LogP contribution in [0.2, 0.25) is 0 Å². The molecule has 0 amide bonds. The average Bonchev–Trinajstić information content (AvgIpc) is 3.26. The number of carbonyl (C=O) groups is 1.